The molecule has 0 N–H and O–H groups in total. The van der Waals surface area contributed by atoms with Crippen molar-refractivity contribution >= 4 is 21.8 Å². The summed E-state index contributed by atoms with van der Waals surface area (Å²) in [6.07, 6.45) is 7.23. The summed E-state index contributed by atoms with van der Waals surface area (Å²) < 4.78 is 0. The minimum Gasteiger partial charge on any atom is -0.342 e. The summed E-state index contributed by atoms with van der Waals surface area (Å²) in [4.78, 5) is 14.8. The van der Waals surface area contributed by atoms with Gasteiger partial charge in [-0.1, -0.05) is 36.2 Å². The van der Waals surface area contributed by atoms with Crippen molar-refractivity contribution in [2.45, 2.75) is 52.4 Å². The maximum Gasteiger partial charge on any atom is 0.226 e. The molecule has 3 heteroatoms. The van der Waals surface area contributed by atoms with E-state index in [1.54, 1.807) is 0 Å². The number of rotatable bonds is 3. The molecule has 2 rings (SSSR count). The van der Waals surface area contributed by atoms with Crippen molar-refractivity contribution in [3.63, 3.8) is 0 Å². The summed E-state index contributed by atoms with van der Waals surface area (Å²) in [6, 6.07) is 0. The molecular formula is C15H26BrNO. The molecule has 2 nitrogen and oxygen atoms in total. The van der Waals surface area contributed by atoms with Gasteiger partial charge in [-0.05, 0) is 43.4 Å². The summed E-state index contributed by atoms with van der Waals surface area (Å²) in [5.41, 5.74) is 0.222. The zero-order valence-corrected chi connectivity index (χ0v) is 13.3. The van der Waals surface area contributed by atoms with Crippen LogP contribution in [0.5, 0.6) is 0 Å². The lowest BCUT2D eigenvalue weighted by atomic mass is 9.80. The maximum absolute atomic E-state index is 12.7. The molecule has 0 aromatic carbocycles. The van der Waals surface area contributed by atoms with Gasteiger partial charge in [-0.2, -0.15) is 0 Å². The van der Waals surface area contributed by atoms with E-state index in [4.69, 9.17) is 0 Å². The molecule has 0 aromatic heterocycles. The first-order valence-electron chi connectivity index (χ1n) is 7.39. The first-order valence-corrected chi connectivity index (χ1v) is 8.51. The average Bonchev–Trinajstić information content (AvgIpc) is 2.69. The number of hydrogen-bond donors (Lipinski definition) is 0. The smallest absolute Gasteiger partial charge is 0.226 e. The number of alkyl halides is 1. The second-order valence-electron chi connectivity index (χ2n) is 6.70. The Kier molecular flexibility index (Phi) is 4.74. The molecule has 0 spiro atoms. The van der Waals surface area contributed by atoms with Crippen molar-refractivity contribution in [2.75, 3.05) is 18.4 Å². The standard InChI is InChI=1S/C15H26BrNO/c1-15(2)8-3-6-13(15)14(18)17-10-4-5-12(11-17)7-9-16/h12-13H,3-11H2,1-2H3. The lowest BCUT2D eigenvalue weighted by Gasteiger charge is -2.37. The highest BCUT2D eigenvalue weighted by Crippen LogP contribution is 2.43. The van der Waals surface area contributed by atoms with Crippen molar-refractivity contribution in [2.24, 2.45) is 17.3 Å². The number of carbonyl (C=O) groups excluding carboxylic acids is 1. The van der Waals surface area contributed by atoms with E-state index in [0.717, 1.165) is 24.8 Å². The Balaban J connectivity index is 1.96. The zero-order chi connectivity index (χ0) is 13.2. The van der Waals surface area contributed by atoms with Gasteiger partial charge in [-0.25, -0.2) is 0 Å². The highest BCUT2D eigenvalue weighted by Gasteiger charge is 2.41. The van der Waals surface area contributed by atoms with Gasteiger partial charge in [0.05, 0.1) is 0 Å². The van der Waals surface area contributed by atoms with Crippen LogP contribution in [0, 0.1) is 17.3 Å². The molecule has 1 aliphatic carbocycles. The second kappa shape index (κ2) is 5.94. The van der Waals surface area contributed by atoms with E-state index in [-0.39, 0.29) is 11.3 Å². The molecule has 104 valence electrons. The topological polar surface area (TPSA) is 20.3 Å². The van der Waals surface area contributed by atoms with Crippen molar-refractivity contribution in [1.82, 2.24) is 4.90 Å². The summed E-state index contributed by atoms with van der Waals surface area (Å²) in [5.74, 6) is 1.43. The van der Waals surface area contributed by atoms with E-state index < -0.39 is 0 Å². The van der Waals surface area contributed by atoms with Crippen LogP contribution in [0.1, 0.15) is 52.4 Å². The molecule has 0 aromatic rings. The van der Waals surface area contributed by atoms with Crippen LogP contribution in [-0.2, 0) is 4.79 Å². The molecule has 0 radical (unpaired) electrons. The van der Waals surface area contributed by atoms with Crippen LogP contribution in [0.15, 0.2) is 0 Å². The van der Waals surface area contributed by atoms with Gasteiger partial charge in [0.15, 0.2) is 0 Å². The Labute approximate surface area is 120 Å². The molecule has 1 heterocycles. The van der Waals surface area contributed by atoms with E-state index in [2.05, 4.69) is 34.7 Å². The molecule has 1 saturated carbocycles. The van der Waals surface area contributed by atoms with Crippen molar-refractivity contribution in [3.05, 3.63) is 0 Å². The van der Waals surface area contributed by atoms with Crippen LogP contribution in [0.3, 0.4) is 0 Å². The molecule has 2 aliphatic rings. The lowest BCUT2D eigenvalue weighted by Crippen LogP contribution is -2.45. The number of hydrogen-bond acceptors (Lipinski definition) is 1. The Morgan fingerprint density at radius 2 is 2.11 bits per heavy atom. The highest BCUT2D eigenvalue weighted by molar-refractivity contribution is 9.09. The van der Waals surface area contributed by atoms with Crippen molar-refractivity contribution in [3.8, 4) is 0 Å². The second-order valence-corrected chi connectivity index (χ2v) is 7.50. The van der Waals surface area contributed by atoms with Gasteiger partial charge in [-0.3, -0.25) is 4.79 Å². The molecule has 1 saturated heterocycles. The van der Waals surface area contributed by atoms with Gasteiger partial charge in [0, 0.05) is 24.3 Å². The predicted molar refractivity (Wildman–Crippen MR) is 78.8 cm³/mol. The van der Waals surface area contributed by atoms with E-state index in [0.29, 0.717) is 11.8 Å². The van der Waals surface area contributed by atoms with Gasteiger partial charge < -0.3 is 4.90 Å². The fourth-order valence-corrected chi connectivity index (χ4v) is 4.31. The van der Waals surface area contributed by atoms with Gasteiger partial charge >= 0.3 is 0 Å². The van der Waals surface area contributed by atoms with Crippen LogP contribution in [-0.4, -0.2) is 29.2 Å². The Morgan fingerprint density at radius 1 is 1.33 bits per heavy atom. The number of piperidine rings is 1. The van der Waals surface area contributed by atoms with E-state index in [1.165, 1.54) is 32.1 Å². The quantitative estimate of drug-likeness (QED) is 0.725. The van der Waals surface area contributed by atoms with Crippen molar-refractivity contribution < 1.29 is 4.79 Å². The summed E-state index contributed by atoms with van der Waals surface area (Å²) in [6.45, 7) is 6.52. The van der Waals surface area contributed by atoms with Crippen LogP contribution in [0.25, 0.3) is 0 Å². The molecule has 2 fully saturated rings. The van der Waals surface area contributed by atoms with Crippen LogP contribution >= 0.6 is 15.9 Å². The SMILES string of the molecule is CC1(C)CCCC1C(=O)N1CCCC(CCBr)C1. The molecule has 1 aliphatic heterocycles. The molecular weight excluding hydrogens is 290 g/mol. The van der Waals surface area contributed by atoms with E-state index >= 15 is 0 Å². The number of carbonyl (C=O) groups is 1. The fourth-order valence-electron chi connectivity index (χ4n) is 3.66. The van der Waals surface area contributed by atoms with Gasteiger partial charge in [0.1, 0.15) is 0 Å². The van der Waals surface area contributed by atoms with E-state index in [1.807, 2.05) is 0 Å². The maximum atomic E-state index is 12.7. The zero-order valence-electron chi connectivity index (χ0n) is 11.8. The number of likely N-dealkylation sites (tertiary alicyclic amines) is 1. The van der Waals surface area contributed by atoms with Crippen molar-refractivity contribution in [1.29, 1.82) is 0 Å². The first-order chi connectivity index (χ1) is 8.54. The Morgan fingerprint density at radius 3 is 2.72 bits per heavy atom. The first kappa shape index (κ1) is 14.4. The third kappa shape index (κ3) is 3.09. The highest BCUT2D eigenvalue weighted by atomic mass is 79.9. The normalized spacial score (nSPS) is 31.6. The third-order valence-electron chi connectivity index (χ3n) is 4.90. The summed E-state index contributed by atoms with van der Waals surface area (Å²) >= 11 is 3.52. The summed E-state index contributed by atoms with van der Waals surface area (Å²) in [7, 11) is 0. The molecule has 18 heavy (non-hydrogen) atoms. The minimum absolute atomic E-state index is 0.222. The monoisotopic (exact) mass is 315 g/mol. The minimum atomic E-state index is 0.222. The fraction of sp³-hybridized carbons (Fsp3) is 0.933. The van der Waals surface area contributed by atoms with Gasteiger partial charge in [0.25, 0.3) is 0 Å². The number of amides is 1. The Hall–Kier alpha value is -0.0500. The lowest BCUT2D eigenvalue weighted by molar-refractivity contribution is -0.140. The largest absolute Gasteiger partial charge is 0.342 e. The van der Waals surface area contributed by atoms with Crippen LogP contribution in [0.4, 0.5) is 0 Å². The van der Waals surface area contributed by atoms with Crippen LogP contribution < -0.4 is 0 Å². The molecule has 1 amide bonds. The van der Waals surface area contributed by atoms with Gasteiger partial charge in [-0.15, -0.1) is 0 Å². The van der Waals surface area contributed by atoms with E-state index in [9.17, 15) is 4.79 Å². The predicted octanol–water partition coefficient (Wildman–Crippen LogP) is 3.84. The third-order valence-corrected chi connectivity index (χ3v) is 5.36. The van der Waals surface area contributed by atoms with Crippen LogP contribution in [0.2, 0.25) is 0 Å². The summed E-state index contributed by atoms with van der Waals surface area (Å²) in [5, 5.41) is 1.06. The number of halogens is 1. The number of nitrogens with zero attached hydrogens (tertiary/aromatic N) is 1. The molecule has 2 unspecified atom stereocenters. The molecule has 2 atom stereocenters. The Bertz CT molecular complexity index is 301. The average molecular weight is 316 g/mol. The molecule has 0 bridgehead atoms. The van der Waals surface area contributed by atoms with Gasteiger partial charge in [0.2, 0.25) is 5.91 Å².